The number of ether oxygens (including phenoxy) is 2. The SMILES string of the molecule is COc1cc(C=CC(=O)NCc2ccc(CNC(=O)/C=C/c3ccc(O)c(OC)c3)cc2)ccc1O. The molecule has 0 saturated carbocycles. The Morgan fingerprint density at radius 3 is 1.44 bits per heavy atom. The van der Waals surface area contributed by atoms with Crippen LogP contribution in [0.1, 0.15) is 22.3 Å². The highest BCUT2D eigenvalue weighted by Gasteiger charge is 2.04. The number of nitrogens with one attached hydrogen (secondary N) is 2. The third-order valence-electron chi connectivity index (χ3n) is 5.22. The van der Waals surface area contributed by atoms with Crippen LogP contribution < -0.4 is 20.1 Å². The predicted molar refractivity (Wildman–Crippen MR) is 138 cm³/mol. The van der Waals surface area contributed by atoms with E-state index in [1.54, 1.807) is 36.4 Å². The molecule has 186 valence electrons. The lowest BCUT2D eigenvalue weighted by Crippen LogP contribution is -2.21. The van der Waals surface area contributed by atoms with E-state index >= 15 is 0 Å². The number of phenols is 2. The zero-order valence-corrected chi connectivity index (χ0v) is 20.0. The highest BCUT2D eigenvalue weighted by Crippen LogP contribution is 2.27. The van der Waals surface area contributed by atoms with Crippen molar-refractivity contribution in [2.75, 3.05) is 14.2 Å². The summed E-state index contributed by atoms with van der Waals surface area (Å²) in [6.07, 6.45) is 6.10. The summed E-state index contributed by atoms with van der Waals surface area (Å²) in [6.45, 7) is 0.709. The van der Waals surface area contributed by atoms with Crippen molar-refractivity contribution in [3.63, 3.8) is 0 Å². The number of aromatic hydroxyl groups is 2. The van der Waals surface area contributed by atoms with Gasteiger partial charge in [0, 0.05) is 25.2 Å². The van der Waals surface area contributed by atoms with E-state index in [1.807, 2.05) is 24.3 Å². The van der Waals surface area contributed by atoms with Crippen LogP contribution >= 0.6 is 0 Å². The molecule has 4 N–H and O–H groups in total. The zero-order chi connectivity index (χ0) is 25.9. The molecule has 3 aromatic carbocycles. The highest BCUT2D eigenvalue weighted by atomic mass is 16.5. The number of hydrogen-bond acceptors (Lipinski definition) is 6. The van der Waals surface area contributed by atoms with E-state index in [9.17, 15) is 19.8 Å². The Hall–Kier alpha value is -4.72. The summed E-state index contributed by atoms with van der Waals surface area (Å²) in [5.41, 5.74) is 3.28. The lowest BCUT2D eigenvalue weighted by Gasteiger charge is -2.06. The standard InChI is InChI=1S/C28H28N2O6/c1-35-25-15-19(7-11-23(25)31)9-13-27(33)29-17-21-3-5-22(6-4-21)18-30-28(34)14-10-20-8-12-24(32)26(16-20)36-2/h3-16,31-32H,17-18H2,1-2H3,(H,29,33)(H,30,34)/b13-9+,14-10?. The van der Waals surface area contributed by atoms with Gasteiger partial charge in [0.2, 0.25) is 11.8 Å². The second kappa shape index (κ2) is 12.7. The minimum atomic E-state index is -0.253. The molecule has 3 rings (SSSR count). The summed E-state index contributed by atoms with van der Waals surface area (Å²) in [5.74, 6) is 0.237. The van der Waals surface area contributed by atoms with Gasteiger partial charge in [-0.2, -0.15) is 0 Å². The fourth-order valence-corrected chi connectivity index (χ4v) is 3.21. The quantitative estimate of drug-likeness (QED) is 0.323. The van der Waals surface area contributed by atoms with Crippen molar-refractivity contribution in [3.8, 4) is 23.0 Å². The predicted octanol–water partition coefficient (Wildman–Crippen LogP) is 3.77. The lowest BCUT2D eigenvalue weighted by molar-refractivity contribution is -0.117. The number of rotatable bonds is 10. The van der Waals surface area contributed by atoms with Gasteiger partial charge in [0.05, 0.1) is 14.2 Å². The maximum atomic E-state index is 12.1. The fourth-order valence-electron chi connectivity index (χ4n) is 3.21. The Labute approximate surface area is 209 Å². The molecular weight excluding hydrogens is 460 g/mol. The average molecular weight is 489 g/mol. The van der Waals surface area contributed by atoms with Gasteiger partial charge in [-0.3, -0.25) is 9.59 Å². The third-order valence-corrected chi connectivity index (χ3v) is 5.22. The first-order valence-electron chi connectivity index (χ1n) is 11.1. The van der Waals surface area contributed by atoms with E-state index < -0.39 is 0 Å². The molecule has 2 amide bonds. The monoisotopic (exact) mass is 488 g/mol. The molecule has 0 spiro atoms. The number of carbonyl (C=O) groups is 2. The van der Waals surface area contributed by atoms with Crippen LogP contribution in [0.2, 0.25) is 0 Å². The van der Waals surface area contributed by atoms with Gasteiger partial charge in [0.15, 0.2) is 23.0 Å². The minimum absolute atomic E-state index is 0.0358. The molecule has 0 aliphatic heterocycles. The summed E-state index contributed by atoms with van der Waals surface area (Å²) in [6, 6.07) is 17.2. The number of phenolic OH excluding ortho intramolecular Hbond substituents is 2. The van der Waals surface area contributed by atoms with Crippen molar-refractivity contribution >= 4 is 24.0 Å². The van der Waals surface area contributed by atoms with E-state index in [1.165, 1.54) is 38.5 Å². The number of benzene rings is 3. The molecule has 3 aromatic rings. The fraction of sp³-hybridized carbons (Fsp3) is 0.143. The van der Waals surface area contributed by atoms with Crippen LogP contribution in [0, 0.1) is 0 Å². The lowest BCUT2D eigenvalue weighted by atomic mass is 10.1. The first-order chi connectivity index (χ1) is 17.4. The number of methoxy groups -OCH3 is 2. The molecular formula is C28H28N2O6. The van der Waals surface area contributed by atoms with Crippen molar-refractivity contribution in [1.29, 1.82) is 0 Å². The minimum Gasteiger partial charge on any atom is -0.504 e. The van der Waals surface area contributed by atoms with Gasteiger partial charge in [-0.05, 0) is 58.7 Å². The molecule has 0 bridgehead atoms. The van der Waals surface area contributed by atoms with E-state index in [2.05, 4.69) is 10.6 Å². The van der Waals surface area contributed by atoms with Gasteiger partial charge in [0.25, 0.3) is 0 Å². The molecule has 0 unspecified atom stereocenters. The smallest absolute Gasteiger partial charge is 0.244 e. The number of hydrogen-bond donors (Lipinski definition) is 4. The summed E-state index contributed by atoms with van der Waals surface area (Å²) in [7, 11) is 2.92. The van der Waals surface area contributed by atoms with E-state index in [-0.39, 0.29) is 23.3 Å². The van der Waals surface area contributed by atoms with Crippen molar-refractivity contribution in [2.24, 2.45) is 0 Å². The molecule has 0 aliphatic carbocycles. The van der Waals surface area contributed by atoms with Crippen LogP contribution in [-0.4, -0.2) is 36.2 Å². The summed E-state index contributed by atoms with van der Waals surface area (Å²) in [4.78, 5) is 24.2. The molecule has 0 radical (unpaired) electrons. The molecule has 8 heteroatoms. The van der Waals surface area contributed by atoms with Gasteiger partial charge >= 0.3 is 0 Å². The second-order valence-electron chi connectivity index (χ2n) is 7.78. The first-order valence-corrected chi connectivity index (χ1v) is 11.1. The maximum absolute atomic E-state index is 12.1. The van der Waals surface area contributed by atoms with Gasteiger partial charge in [-0.15, -0.1) is 0 Å². The van der Waals surface area contributed by atoms with E-state index in [0.717, 1.165) is 22.3 Å². The Kier molecular flexibility index (Phi) is 9.11. The Morgan fingerprint density at radius 1 is 0.694 bits per heavy atom. The van der Waals surface area contributed by atoms with Crippen LogP contribution in [0.5, 0.6) is 23.0 Å². The molecule has 0 aliphatic rings. The highest BCUT2D eigenvalue weighted by molar-refractivity contribution is 5.92. The summed E-state index contributed by atoms with van der Waals surface area (Å²) >= 11 is 0. The summed E-state index contributed by atoms with van der Waals surface area (Å²) in [5, 5.41) is 24.9. The third kappa shape index (κ3) is 7.66. The van der Waals surface area contributed by atoms with Crippen LogP contribution in [0.4, 0.5) is 0 Å². The molecule has 36 heavy (non-hydrogen) atoms. The largest absolute Gasteiger partial charge is 0.504 e. The number of carbonyl (C=O) groups excluding carboxylic acids is 2. The van der Waals surface area contributed by atoms with Crippen LogP contribution in [0.3, 0.4) is 0 Å². The van der Waals surface area contributed by atoms with Crippen molar-refractivity contribution in [1.82, 2.24) is 10.6 Å². The Balaban J connectivity index is 1.44. The molecule has 0 heterocycles. The van der Waals surface area contributed by atoms with E-state index in [0.29, 0.717) is 24.6 Å². The van der Waals surface area contributed by atoms with Gasteiger partial charge in [-0.25, -0.2) is 0 Å². The average Bonchev–Trinajstić information content (AvgIpc) is 2.90. The maximum Gasteiger partial charge on any atom is 0.244 e. The van der Waals surface area contributed by atoms with Gasteiger partial charge < -0.3 is 30.3 Å². The zero-order valence-electron chi connectivity index (χ0n) is 20.0. The molecule has 8 nitrogen and oxygen atoms in total. The van der Waals surface area contributed by atoms with Gasteiger partial charge in [0.1, 0.15) is 0 Å². The van der Waals surface area contributed by atoms with Crippen LogP contribution in [0.25, 0.3) is 12.2 Å². The normalized spacial score (nSPS) is 10.9. The number of amides is 2. The van der Waals surface area contributed by atoms with Crippen molar-refractivity contribution < 1.29 is 29.3 Å². The Bertz CT molecular complexity index is 1170. The topological polar surface area (TPSA) is 117 Å². The molecule has 0 atom stereocenters. The Morgan fingerprint density at radius 2 is 1.08 bits per heavy atom. The molecule has 0 aromatic heterocycles. The molecule has 0 fully saturated rings. The van der Waals surface area contributed by atoms with Crippen LogP contribution in [-0.2, 0) is 22.7 Å². The van der Waals surface area contributed by atoms with Crippen molar-refractivity contribution in [2.45, 2.75) is 13.1 Å². The van der Waals surface area contributed by atoms with Crippen LogP contribution in [0.15, 0.2) is 72.8 Å². The van der Waals surface area contributed by atoms with E-state index in [4.69, 9.17) is 9.47 Å². The second-order valence-corrected chi connectivity index (χ2v) is 7.78. The summed E-state index contributed by atoms with van der Waals surface area (Å²) < 4.78 is 10.1. The molecule has 0 saturated heterocycles. The first kappa shape index (κ1) is 25.9. The van der Waals surface area contributed by atoms with Crippen molar-refractivity contribution in [3.05, 3.63) is 95.1 Å². The van der Waals surface area contributed by atoms with Gasteiger partial charge in [-0.1, -0.05) is 36.4 Å².